The first-order valence-corrected chi connectivity index (χ1v) is 7.66. The first-order chi connectivity index (χ1) is 8.47. The Morgan fingerprint density at radius 1 is 1.06 bits per heavy atom. The molecule has 0 N–H and O–H groups in total. The van der Waals surface area contributed by atoms with Gasteiger partial charge in [-0.05, 0) is 60.3 Å². The third-order valence-corrected chi connectivity index (χ3v) is 3.53. The molecular formula is C15H25IN2. The van der Waals surface area contributed by atoms with Crippen molar-refractivity contribution in [1.29, 1.82) is 0 Å². The van der Waals surface area contributed by atoms with Crippen molar-refractivity contribution in [2.75, 3.05) is 33.7 Å². The molecule has 1 aromatic carbocycles. The fourth-order valence-electron chi connectivity index (χ4n) is 1.94. The molecule has 0 saturated heterocycles. The van der Waals surface area contributed by atoms with Gasteiger partial charge in [0.25, 0.3) is 0 Å². The Kier molecular flexibility index (Phi) is 7.19. The number of nitrogens with zero attached hydrogens (tertiary/aromatic N) is 2. The minimum atomic E-state index is 0.719. The highest BCUT2D eigenvalue weighted by atomic mass is 127. The van der Waals surface area contributed by atoms with Crippen LogP contribution in [0.2, 0.25) is 0 Å². The maximum atomic E-state index is 2.55. The van der Waals surface area contributed by atoms with E-state index in [0.717, 1.165) is 25.6 Å². The average Bonchev–Trinajstić information content (AvgIpc) is 2.28. The molecule has 0 atom stereocenters. The van der Waals surface area contributed by atoms with Crippen molar-refractivity contribution < 1.29 is 0 Å². The SMILES string of the molecule is CC(C)CN(CCN(C)C)Cc1ccc(I)cc1. The van der Waals surface area contributed by atoms with Crippen molar-refractivity contribution >= 4 is 22.6 Å². The lowest BCUT2D eigenvalue weighted by Crippen LogP contribution is -2.33. The third kappa shape index (κ3) is 6.71. The molecule has 0 spiro atoms. The van der Waals surface area contributed by atoms with Crippen molar-refractivity contribution in [2.45, 2.75) is 20.4 Å². The van der Waals surface area contributed by atoms with Gasteiger partial charge >= 0.3 is 0 Å². The van der Waals surface area contributed by atoms with E-state index >= 15 is 0 Å². The molecule has 0 radical (unpaired) electrons. The van der Waals surface area contributed by atoms with Crippen LogP contribution < -0.4 is 0 Å². The molecule has 1 rings (SSSR count). The summed E-state index contributed by atoms with van der Waals surface area (Å²) in [5.41, 5.74) is 1.41. The summed E-state index contributed by atoms with van der Waals surface area (Å²) in [4.78, 5) is 4.80. The lowest BCUT2D eigenvalue weighted by molar-refractivity contribution is 0.212. The van der Waals surface area contributed by atoms with Crippen LogP contribution in [-0.2, 0) is 6.54 Å². The van der Waals surface area contributed by atoms with Crippen LogP contribution in [0.25, 0.3) is 0 Å². The first-order valence-electron chi connectivity index (χ1n) is 6.59. The quantitative estimate of drug-likeness (QED) is 0.689. The highest BCUT2D eigenvalue weighted by molar-refractivity contribution is 14.1. The molecule has 0 bridgehead atoms. The van der Waals surface area contributed by atoms with Crippen molar-refractivity contribution in [1.82, 2.24) is 9.80 Å². The lowest BCUT2D eigenvalue weighted by Gasteiger charge is -2.26. The highest BCUT2D eigenvalue weighted by Gasteiger charge is 2.08. The fraction of sp³-hybridized carbons (Fsp3) is 0.600. The standard InChI is InChI=1S/C15H25IN2/c1-13(2)11-18(10-9-17(3)4)12-14-5-7-15(16)8-6-14/h5-8,13H,9-12H2,1-4H3. The van der Waals surface area contributed by atoms with Crippen molar-refractivity contribution in [3.63, 3.8) is 0 Å². The van der Waals surface area contributed by atoms with E-state index in [1.165, 1.54) is 15.7 Å². The molecule has 0 saturated carbocycles. The molecule has 102 valence electrons. The number of likely N-dealkylation sites (N-methyl/N-ethyl adjacent to an activating group) is 1. The molecule has 2 nitrogen and oxygen atoms in total. The third-order valence-electron chi connectivity index (χ3n) is 2.81. The van der Waals surface area contributed by atoms with Crippen LogP contribution in [0, 0.1) is 9.49 Å². The number of hydrogen-bond donors (Lipinski definition) is 0. The summed E-state index contributed by atoms with van der Waals surface area (Å²) in [6, 6.07) is 8.86. The largest absolute Gasteiger partial charge is 0.308 e. The summed E-state index contributed by atoms with van der Waals surface area (Å²) in [7, 11) is 4.27. The summed E-state index contributed by atoms with van der Waals surface area (Å²) in [5.74, 6) is 0.719. The summed E-state index contributed by atoms with van der Waals surface area (Å²) >= 11 is 2.36. The van der Waals surface area contributed by atoms with E-state index in [1.54, 1.807) is 0 Å². The smallest absolute Gasteiger partial charge is 0.0234 e. The van der Waals surface area contributed by atoms with E-state index in [1.807, 2.05) is 0 Å². The normalized spacial score (nSPS) is 11.8. The van der Waals surface area contributed by atoms with E-state index in [-0.39, 0.29) is 0 Å². The summed E-state index contributed by atoms with van der Waals surface area (Å²) in [6.45, 7) is 9.06. The molecule has 0 aliphatic carbocycles. The minimum absolute atomic E-state index is 0.719. The predicted molar refractivity (Wildman–Crippen MR) is 87.8 cm³/mol. The molecule has 0 aliphatic heterocycles. The Morgan fingerprint density at radius 3 is 2.17 bits per heavy atom. The number of benzene rings is 1. The first kappa shape index (κ1) is 15.9. The second-order valence-corrected chi connectivity index (χ2v) is 6.80. The second-order valence-electron chi connectivity index (χ2n) is 5.56. The molecule has 0 aliphatic rings. The average molecular weight is 360 g/mol. The van der Waals surface area contributed by atoms with E-state index < -0.39 is 0 Å². The zero-order valence-corrected chi connectivity index (χ0v) is 14.1. The van der Waals surface area contributed by atoms with E-state index in [0.29, 0.717) is 0 Å². The Bertz CT molecular complexity index is 333. The van der Waals surface area contributed by atoms with E-state index in [2.05, 4.69) is 84.6 Å². The van der Waals surface area contributed by atoms with Gasteiger partial charge in [0.15, 0.2) is 0 Å². The lowest BCUT2D eigenvalue weighted by atomic mass is 10.1. The van der Waals surface area contributed by atoms with Gasteiger partial charge in [0.05, 0.1) is 0 Å². The van der Waals surface area contributed by atoms with Crippen molar-refractivity contribution in [3.8, 4) is 0 Å². The number of halogens is 1. The highest BCUT2D eigenvalue weighted by Crippen LogP contribution is 2.10. The van der Waals surface area contributed by atoms with Crippen LogP contribution in [-0.4, -0.2) is 43.5 Å². The zero-order chi connectivity index (χ0) is 13.5. The summed E-state index contributed by atoms with van der Waals surface area (Å²) < 4.78 is 1.31. The Morgan fingerprint density at radius 2 is 1.67 bits per heavy atom. The van der Waals surface area contributed by atoms with Gasteiger partial charge in [0.2, 0.25) is 0 Å². The van der Waals surface area contributed by atoms with Crippen LogP contribution in [0.15, 0.2) is 24.3 Å². The van der Waals surface area contributed by atoms with Gasteiger partial charge < -0.3 is 4.90 Å². The van der Waals surface area contributed by atoms with Gasteiger partial charge in [0.1, 0.15) is 0 Å². The molecule has 0 heterocycles. The van der Waals surface area contributed by atoms with Crippen LogP contribution >= 0.6 is 22.6 Å². The summed E-state index contributed by atoms with van der Waals surface area (Å²) in [6.07, 6.45) is 0. The Balaban J connectivity index is 2.56. The molecular weight excluding hydrogens is 335 g/mol. The topological polar surface area (TPSA) is 6.48 Å². The maximum Gasteiger partial charge on any atom is 0.0234 e. The summed E-state index contributed by atoms with van der Waals surface area (Å²) in [5, 5.41) is 0. The van der Waals surface area contributed by atoms with Crippen LogP contribution in [0.4, 0.5) is 0 Å². The van der Waals surface area contributed by atoms with Gasteiger partial charge in [-0.3, -0.25) is 4.90 Å². The molecule has 0 fully saturated rings. The van der Waals surface area contributed by atoms with Gasteiger partial charge in [-0.25, -0.2) is 0 Å². The fourth-order valence-corrected chi connectivity index (χ4v) is 2.30. The Hall–Kier alpha value is -0.130. The van der Waals surface area contributed by atoms with Gasteiger partial charge in [-0.15, -0.1) is 0 Å². The molecule has 0 aromatic heterocycles. The van der Waals surface area contributed by atoms with Gasteiger partial charge in [0, 0.05) is 29.7 Å². The predicted octanol–water partition coefficient (Wildman–Crippen LogP) is 3.31. The van der Waals surface area contributed by atoms with E-state index in [9.17, 15) is 0 Å². The molecule has 0 unspecified atom stereocenters. The molecule has 1 aromatic rings. The van der Waals surface area contributed by atoms with Crippen molar-refractivity contribution in [2.24, 2.45) is 5.92 Å². The number of rotatable bonds is 7. The Labute approximate surface area is 125 Å². The minimum Gasteiger partial charge on any atom is -0.308 e. The molecule has 0 amide bonds. The monoisotopic (exact) mass is 360 g/mol. The van der Waals surface area contributed by atoms with E-state index in [4.69, 9.17) is 0 Å². The maximum absolute atomic E-state index is 2.55. The number of hydrogen-bond acceptors (Lipinski definition) is 2. The van der Waals surface area contributed by atoms with Gasteiger partial charge in [-0.2, -0.15) is 0 Å². The zero-order valence-electron chi connectivity index (χ0n) is 12.0. The van der Waals surface area contributed by atoms with Crippen LogP contribution in [0.3, 0.4) is 0 Å². The van der Waals surface area contributed by atoms with Crippen LogP contribution in [0.5, 0.6) is 0 Å². The molecule has 3 heteroatoms. The molecule has 18 heavy (non-hydrogen) atoms. The van der Waals surface area contributed by atoms with Gasteiger partial charge in [-0.1, -0.05) is 26.0 Å². The van der Waals surface area contributed by atoms with Crippen LogP contribution in [0.1, 0.15) is 19.4 Å². The van der Waals surface area contributed by atoms with Crippen molar-refractivity contribution in [3.05, 3.63) is 33.4 Å². The second kappa shape index (κ2) is 8.12.